The Labute approximate surface area is 121 Å². The Morgan fingerprint density at radius 2 is 2.10 bits per heavy atom. The van der Waals surface area contributed by atoms with Crippen molar-refractivity contribution in [2.45, 2.75) is 58.9 Å². The summed E-state index contributed by atoms with van der Waals surface area (Å²) in [4.78, 5) is 0. The van der Waals surface area contributed by atoms with Gasteiger partial charge in [-0.1, -0.05) is 13.8 Å². The third-order valence-electron chi connectivity index (χ3n) is 4.55. The highest BCUT2D eigenvalue weighted by Gasteiger charge is 2.42. The number of hydrogen-bond acceptors (Lipinski definition) is 4. The van der Waals surface area contributed by atoms with Crippen LogP contribution in [0.4, 0.5) is 0 Å². The van der Waals surface area contributed by atoms with Crippen LogP contribution >= 0.6 is 0 Å². The number of rotatable bonds is 5. The van der Waals surface area contributed by atoms with Gasteiger partial charge in [-0.2, -0.15) is 5.10 Å². The fourth-order valence-corrected chi connectivity index (χ4v) is 3.36. The first-order chi connectivity index (χ1) is 9.51. The molecule has 0 spiro atoms. The van der Waals surface area contributed by atoms with Crippen LogP contribution in [0.25, 0.3) is 0 Å². The highest BCUT2D eigenvalue weighted by molar-refractivity contribution is 5.29. The Hall–Kier alpha value is -1.07. The molecule has 1 aliphatic rings. The normalized spacial score (nSPS) is 31.5. The summed E-state index contributed by atoms with van der Waals surface area (Å²) in [5.74, 6) is 1.49. The molecule has 0 saturated carbocycles. The van der Waals surface area contributed by atoms with Gasteiger partial charge in [0.25, 0.3) is 0 Å². The van der Waals surface area contributed by atoms with Crippen LogP contribution in [0.15, 0.2) is 6.20 Å². The van der Waals surface area contributed by atoms with Crippen molar-refractivity contribution in [2.75, 3.05) is 7.11 Å². The lowest BCUT2D eigenvalue weighted by Gasteiger charge is -2.27. The lowest BCUT2D eigenvalue weighted by Crippen LogP contribution is -2.32. The molecule has 0 aromatic carbocycles. The van der Waals surface area contributed by atoms with Gasteiger partial charge in [0.2, 0.25) is 0 Å². The van der Waals surface area contributed by atoms with E-state index in [1.165, 1.54) is 0 Å². The van der Waals surface area contributed by atoms with Crippen molar-refractivity contribution >= 4 is 0 Å². The predicted octanol–water partition coefficient (Wildman–Crippen LogP) is 2.36. The molecule has 1 aromatic heterocycles. The largest absolute Gasteiger partial charge is 0.493 e. The van der Waals surface area contributed by atoms with Crippen LogP contribution in [0.2, 0.25) is 0 Å². The molecule has 1 fully saturated rings. The van der Waals surface area contributed by atoms with Crippen LogP contribution in [0, 0.1) is 11.8 Å². The van der Waals surface area contributed by atoms with Gasteiger partial charge in [-0.05, 0) is 26.2 Å². The van der Waals surface area contributed by atoms with Gasteiger partial charge < -0.3 is 15.2 Å². The topological polar surface area (TPSA) is 62.3 Å². The molecule has 5 unspecified atom stereocenters. The molecule has 0 amide bonds. The molecule has 2 N–H and O–H groups in total. The molecule has 2 rings (SSSR count). The number of nitrogens with zero attached hydrogens (tertiary/aromatic N) is 2. The van der Waals surface area contributed by atoms with E-state index in [9.17, 15) is 0 Å². The molecule has 1 aromatic rings. The van der Waals surface area contributed by atoms with Gasteiger partial charge in [-0.15, -0.1) is 0 Å². The summed E-state index contributed by atoms with van der Waals surface area (Å²) in [6.07, 6.45) is 3.19. The van der Waals surface area contributed by atoms with E-state index in [0.717, 1.165) is 24.4 Å². The summed E-state index contributed by atoms with van der Waals surface area (Å²) in [5.41, 5.74) is 7.57. The quantitative estimate of drug-likeness (QED) is 0.900. The fourth-order valence-electron chi connectivity index (χ4n) is 3.36. The summed E-state index contributed by atoms with van der Waals surface area (Å²) in [6, 6.07) is -0.117. The zero-order chi connectivity index (χ0) is 14.9. The second-order valence-electron chi connectivity index (χ2n) is 5.83. The summed E-state index contributed by atoms with van der Waals surface area (Å²) >= 11 is 0. The molecule has 0 bridgehead atoms. The Bertz CT molecular complexity index is 446. The van der Waals surface area contributed by atoms with Crippen LogP contribution < -0.4 is 10.5 Å². The molecule has 2 heterocycles. The first-order valence-corrected chi connectivity index (χ1v) is 7.51. The molecule has 1 saturated heterocycles. The highest BCUT2D eigenvalue weighted by Crippen LogP contribution is 2.41. The van der Waals surface area contributed by atoms with Crippen LogP contribution in [0.3, 0.4) is 0 Å². The van der Waals surface area contributed by atoms with Crippen LogP contribution in [-0.4, -0.2) is 29.1 Å². The Kier molecular flexibility index (Phi) is 4.70. The maximum Gasteiger partial charge on any atom is 0.161 e. The smallest absolute Gasteiger partial charge is 0.161 e. The lowest BCUT2D eigenvalue weighted by molar-refractivity contribution is 0.0486. The number of methoxy groups -OCH3 is 1. The van der Waals surface area contributed by atoms with E-state index in [0.29, 0.717) is 5.92 Å². The minimum absolute atomic E-state index is 0.117. The summed E-state index contributed by atoms with van der Waals surface area (Å²) in [7, 11) is 1.67. The third kappa shape index (κ3) is 2.56. The number of hydrogen-bond donors (Lipinski definition) is 1. The minimum atomic E-state index is -0.117. The number of aromatic nitrogens is 2. The first kappa shape index (κ1) is 15.3. The van der Waals surface area contributed by atoms with E-state index < -0.39 is 0 Å². The lowest BCUT2D eigenvalue weighted by atomic mass is 9.82. The zero-order valence-electron chi connectivity index (χ0n) is 13.2. The van der Waals surface area contributed by atoms with Crippen molar-refractivity contribution < 1.29 is 9.47 Å². The minimum Gasteiger partial charge on any atom is -0.493 e. The standard InChI is InChI=1S/C15H27N3O2/c1-6-7-18-15(12(19-5)8-17-18)14(16)13-9(2)10(3)20-11(13)4/h8-11,13-14H,6-7,16H2,1-5H3. The summed E-state index contributed by atoms with van der Waals surface area (Å²) < 4.78 is 13.4. The summed E-state index contributed by atoms with van der Waals surface area (Å²) in [6.45, 7) is 9.44. The molecule has 114 valence electrons. The average Bonchev–Trinajstić information content (AvgIpc) is 2.91. The average molecular weight is 281 g/mol. The monoisotopic (exact) mass is 281 g/mol. The van der Waals surface area contributed by atoms with E-state index in [-0.39, 0.29) is 24.2 Å². The van der Waals surface area contributed by atoms with Crippen LogP contribution in [0.5, 0.6) is 5.75 Å². The van der Waals surface area contributed by atoms with Crippen molar-refractivity contribution in [1.82, 2.24) is 9.78 Å². The van der Waals surface area contributed by atoms with Crippen molar-refractivity contribution in [3.8, 4) is 5.75 Å². The maximum absolute atomic E-state index is 6.57. The number of ether oxygens (including phenoxy) is 2. The number of nitrogens with two attached hydrogens (primary N) is 1. The first-order valence-electron chi connectivity index (χ1n) is 7.51. The molecule has 0 radical (unpaired) electrons. The molecule has 20 heavy (non-hydrogen) atoms. The molecule has 0 aliphatic carbocycles. The maximum atomic E-state index is 6.57. The fraction of sp³-hybridized carbons (Fsp3) is 0.800. The molecule has 5 atom stereocenters. The molecular weight excluding hydrogens is 254 g/mol. The summed E-state index contributed by atoms with van der Waals surface area (Å²) in [5, 5.41) is 4.41. The third-order valence-corrected chi connectivity index (χ3v) is 4.55. The van der Waals surface area contributed by atoms with E-state index in [1.807, 2.05) is 4.68 Å². The zero-order valence-corrected chi connectivity index (χ0v) is 13.2. The predicted molar refractivity (Wildman–Crippen MR) is 78.7 cm³/mol. The second-order valence-corrected chi connectivity index (χ2v) is 5.83. The van der Waals surface area contributed by atoms with Gasteiger partial charge >= 0.3 is 0 Å². The Morgan fingerprint density at radius 1 is 1.40 bits per heavy atom. The van der Waals surface area contributed by atoms with E-state index in [4.69, 9.17) is 15.2 Å². The molecular formula is C15H27N3O2. The number of aryl methyl sites for hydroxylation is 1. The van der Waals surface area contributed by atoms with Crippen LogP contribution in [0.1, 0.15) is 45.9 Å². The molecule has 1 aliphatic heterocycles. The van der Waals surface area contributed by atoms with E-state index in [2.05, 4.69) is 32.8 Å². The van der Waals surface area contributed by atoms with Gasteiger partial charge in [0.05, 0.1) is 37.3 Å². The second kappa shape index (κ2) is 6.14. The SMILES string of the molecule is CCCn1ncc(OC)c1C(N)C1C(C)OC(C)C1C. The molecule has 5 nitrogen and oxygen atoms in total. The Balaban J connectivity index is 2.32. The van der Waals surface area contributed by atoms with Crippen molar-refractivity contribution in [3.05, 3.63) is 11.9 Å². The van der Waals surface area contributed by atoms with Crippen LogP contribution in [-0.2, 0) is 11.3 Å². The van der Waals surface area contributed by atoms with Gasteiger partial charge in [0.1, 0.15) is 0 Å². The highest BCUT2D eigenvalue weighted by atomic mass is 16.5. The van der Waals surface area contributed by atoms with Gasteiger partial charge in [-0.3, -0.25) is 4.68 Å². The van der Waals surface area contributed by atoms with E-state index >= 15 is 0 Å². The van der Waals surface area contributed by atoms with Crippen molar-refractivity contribution in [2.24, 2.45) is 17.6 Å². The Morgan fingerprint density at radius 3 is 2.60 bits per heavy atom. The van der Waals surface area contributed by atoms with Gasteiger partial charge in [0, 0.05) is 12.5 Å². The van der Waals surface area contributed by atoms with Gasteiger partial charge in [0.15, 0.2) is 5.75 Å². The van der Waals surface area contributed by atoms with Gasteiger partial charge in [-0.25, -0.2) is 0 Å². The van der Waals surface area contributed by atoms with Crippen molar-refractivity contribution in [3.63, 3.8) is 0 Å². The van der Waals surface area contributed by atoms with Crippen molar-refractivity contribution in [1.29, 1.82) is 0 Å². The molecule has 5 heteroatoms. The van der Waals surface area contributed by atoms with E-state index in [1.54, 1.807) is 13.3 Å².